The van der Waals surface area contributed by atoms with Crippen LogP contribution in [0.2, 0.25) is 0 Å². The minimum absolute atomic E-state index is 0.289. The van der Waals surface area contributed by atoms with E-state index in [9.17, 15) is 14.0 Å². The van der Waals surface area contributed by atoms with Crippen LogP contribution in [-0.2, 0) is 25.5 Å². The molecule has 0 saturated carbocycles. The number of hydrogen-bond acceptors (Lipinski definition) is 4. The molecular weight excluding hydrogens is 277 g/mol. The van der Waals surface area contributed by atoms with Crippen molar-refractivity contribution in [2.45, 2.75) is 25.4 Å². The van der Waals surface area contributed by atoms with Gasteiger partial charge >= 0.3 is 5.97 Å². The molecular formula is C15H18FNO4. The summed E-state index contributed by atoms with van der Waals surface area (Å²) < 4.78 is 23.4. The van der Waals surface area contributed by atoms with Crippen molar-refractivity contribution in [3.05, 3.63) is 35.6 Å². The van der Waals surface area contributed by atoms with Gasteiger partial charge in [-0.1, -0.05) is 18.2 Å². The maximum absolute atomic E-state index is 13.3. The molecule has 1 N–H and O–H groups in total. The van der Waals surface area contributed by atoms with Crippen LogP contribution in [0.3, 0.4) is 0 Å². The molecule has 1 aromatic carbocycles. The van der Waals surface area contributed by atoms with Gasteiger partial charge in [0, 0.05) is 13.2 Å². The predicted molar refractivity (Wildman–Crippen MR) is 73.0 cm³/mol. The first-order valence-corrected chi connectivity index (χ1v) is 6.95. The second-order valence-electron chi connectivity index (χ2n) is 4.80. The number of halogens is 1. The molecule has 6 heteroatoms. The second-order valence-corrected chi connectivity index (χ2v) is 4.80. The molecule has 1 amide bonds. The Labute approximate surface area is 122 Å². The van der Waals surface area contributed by atoms with Crippen molar-refractivity contribution in [1.29, 1.82) is 0 Å². The average molecular weight is 295 g/mol. The van der Waals surface area contributed by atoms with Crippen LogP contribution < -0.4 is 5.32 Å². The Balaban J connectivity index is 1.63. The van der Waals surface area contributed by atoms with Crippen LogP contribution >= 0.6 is 0 Å². The Morgan fingerprint density at radius 1 is 1.38 bits per heavy atom. The van der Waals surface area contributed by atoms with Crippen molar-refractivity contribution >= 4 is 11.9 Å². The van der Waals surface area contributed by atoms with Gasteiger partial charge in [0.2, 0.25) is 0 Å². The van der Waals surface area contributed by atoms with E-state index in [2.05, 4.69) is 5.32 Å². The molecule has 0 aliphatic carbocycles. The van der Waals surface area contributed by atoms with Crippen molar-refractivity contribution in [2.75, 3.05) is 19.8 Å². The van der Waals surface area contributed by atoms with Gasteiger partial charge in [-0.3, -0.25) is 4.79 Å². The van der Waals surface area contributed by atoms with Gasteiger partial charge in [0.1, 0.15) is 5.82 Å². The van der Waals surface area contributed by atoms with Gasteiger partial charge in [0.25, 0.3) is 5.91 Å². The molecule has 0 unspecified atom stereocenters. The number of hydrogen-bond donors (Lipinski definition) is 1. The Kier molecular flexibility index (Phi) is 5.68. The summed E-state index contributed by atoms with van der Waals surface area (Å²) in [6.07, 6.45) is 1.30. The first-order chi connectivity index (χ1) is 10.2. The van der Waals surface area contributed by atoms with Gasteiger partial charge in [-0.15, -0.1) is 0 Å². The van der Waals surface area contributed by atoms with E-state index < -0.39 is 18.0 Å². The third-order valence-electron chi connectivity index (χ3n) is 3.21. The van der Waals surface area contributed by atoms with Gasteiger partial charge in [0.15, 0.2) is 12.7 Å². The SMILES string of the molecule is O=C(COC(=O)[C@H]1CCCO1)NCCc1ccccc1F. The predicted octanol–water partition coefficient (Wildman–Crippen LogP) is 1.21. The Hall–Kier alpha value is -1.95. The fourth-order valence-corrected chi connectivity index (χ4v) is 2.08. The number of carbonyl (C=O) groups excluding carboxylic acids is 2. The summed E-state index contributed by atoms with van der Waals surface area (Å²) >= 11 is 0. The van der Waals surface area contributed by atoms with Crippen molar-refractivity contribution in [1.82, 2.24) is 5.32 Å². The zero-order valence-electron chi connectivity index (χ0n) is 11.6. The van der Waals surface area contributed by atoms with Gasteiger partial charge in [-0.2, -0.15) is 0 Å². The largest absolute Gasteiger partial charge is 0.454 e. The number of ether oxygens (including phenoxy) is 2. The summed E-state index contributed by atoms with van der Waals surface area (Å²) in [5.41, 5.74) is 0.536. The molecule has 5 nitrogen and oxygen atoms in total. The summed E-state index contributed by atoms with van der Waals surface area (Å²) in [5.74, 6) is -1.20. The number of nitrogens with one attached hydrogen (secondary N) is 1. The van der Waals surface area contributed by atoms with Crippen molar-refractivity contribution < 1.29 is 23.5 Å². The van der Waals surface area contributed by atoms with Crippen LogP contribution in [-0.4, -0.2) is 37.7 Å². The Morgan fingerprint density at radius 2 is 2.19 bits per heavy atom. The van der Waals surface area contributed by atoms with E-state index in [-0.39, 0.29) is 19.0 Å². The number of esters is 1. The number of benzene rings is 1. The molecule has 21 heavy (non-hydrogen) atoms. The minimum Gasteiger partial charge on any atom is -0.454 e. The second kappa shape index (κ2) is 7.73. The van der Waals surface area contributed by atoms with E-state index in [0.717, 1.165) is 6.42 Å². The lowest BCUT2D eigenvalue weighted by molar-refractivity contribution is -0.157. The number of rotatable bonds is 6. The highest BCUT2D eigenvalue weighted by atomic mass is 19.1. The third kappa shape index (κ3) is 4.82. The highest BCUT2D eigenvalue weighted by molar-refractivity contribution is 5.82. The number of carbonyl (C=O) groups is 2. The molecule has 0 aromatic heterocycles. The molecule has 0 radical (unpaired) electrons. The monoisotopic (exact) mass is 295 g/mol. The quantitative estimate of drug-likeness (QED) is 0.801. The van der Waals surface area contributed by atoms with Gasteiger partial charge in [-0.05, 0) is 30.9 Å². The van der Waals surface area contributed by atoms with Crippen LogP contribution in [0.15, 0.2) is 24.3 Å². The molecule has 1 heterocycles. The molecule has 1 aliphatic rings. The van der Waals surface area contributed by atoms with E-state index in [1.807, 2.05) is 0 Å². The van der Waals surface area contributed by atoms with Crippen LogP contribution in [0.4, 0.5) is 4.39 Å². The highest BCUT2D eigenvalue weighted by Crippen LogP contribution is 2.13. The molecule has 0 bridgehead atoms. The van der Waals surface area contributed by atoms with E-state index in [0.29, 0.717) is 25.0 Å². The lowest BCUT2D eigenvalue weighted by atomic mass is 10.1. The lowest BCUT2D eigenvalue weighted by Gasteiger charge is -2.10. The normalized spacial score (nSPS) is 17.5. The summed E-state index contributed by atoms with van der Waals surface area (Å²) in [6.45, 7) is 0.502. The lowest BCUT2D eigenvalue weighted by Crippen LogP contribution is -2.32. The molecule has 114 valence electrons. The smallest absolute Gasteiger partial charge is 0.335 e. The average Bonchev–Trinajstić information content (AvgIpc) is 3.01. The van der Waals surface area contributed by atoms with Crippen molar-refractivity contribution in [2.24, 2.45) is 0 Å². The Morgan fingerprint density at radius 3 is 2.90 bits per heavy atom. The fourth-order valence-electron chi connectivity index (χ4n) is 2.08. The van der Waals surface area contributed by atoms with E-state index >= 15 is 0 Å². The molecule has 1 aromatic rings. The zero-order valence-corrected chi connectivity index (χ0v) is 11.6. The molecule has 1 fully saturated rings. The maximum atomic E-state index is 13.3. The highest BCUT2D eigenvalue weighted by Gasteiger charge is 2.25. The summed E-state index contributed by atoms with van der Waals surface area (Å²) in [4.78, 5) is 23.0. The first kappa shape index (κ1) is 15.4. The molecule has 0 spiro atoms. The fraction of sp³-hybridized carbons (Fsp3) is 0.467. The topological polar surface area (TPSA) is 64.6 Å². The van der Waals surface area contributed by atoms with Crippen LogP contribution in [0, 0.1) is 5.82 Å². The van der Waals surface area contributed by atoms with Gasteiger partial charge in [0.05, 0.1) is 0 Å². The minimum atomic E-state index is -0.545. The van der Waals surface area contributed by atoms with E-state index in [1.54, 1.807) is 18.2 Å². The number of amides is 1. The van der Waals surface area contributed by atoms with Crippen LogP contribution in [0.5, 0.6) is 0 Å². The third-order valence-corrected chi connectivity index (χ3v) is 3.21. The summed E-state index contributed by atoms with van der Waals surface area (Å²) in [7, 11) is 0. The summed E-state index contributed by atoms with van der Waals surface area (Å²) in [5, 5.41) is 2.58. The molecule has 1 aliphatic heterocycles. The van der Waals surface area contributed by atoms with Gasteiger partial charge < -0.3 is 14.8 Å². The van der Waals surface area contributed by atoms with Crippen LogP contribution in [0.25, 0.3) is 0 Å². The summed E-state index contributed by atoms with van der Waals surface area (Å²) in [6, 6.07) is 6.39. The van der Waals surface area contributed by atoms with Crippen molar-refractivity contribution in [3.63, 3.8) is 0 Å². The molecule has 1 atom stereocenters. The van der Waals surface area contributed by atoms with E-state index in [4.69, 9.17) is 9.47 Å². The zero-order chi connectivity index (χ0) is 15.1. The van der Waals surface area contributed by atoms with Crippen LogP contribution in [0.1, 0.15) is 18.4 Å². The van der Waals surface area contributed by atoms with Gasteiger partial charge in [-0.25, -0.2) is 9.18 Å². The van der Waals surface area contributed by atoms with Crippen molar-refractivity contribution in [3.8, 4) is 0 Å². The molecule has 2 rings (SSSR count). The Bertz CT molecular complexity index is 500. The first-order valence-electron chi connectivity index (χ1n) is 6.95. The molecule has 1 saturated heterocycles. The standard InChI is InChI=1S/C15H18FNO4/c16-12-5-2-1-4-11(12)7-8-17-14(18)10-21-15(19)13-6-3-9-20-13/h1-2,4-5,13H,3,6-10H2,(H,17,18)/t13-/m1/s1. The maximum Gasteiger partial charge on any atom is 0.335 e. The van der Waals surface area contributed by atoms with E-state index in [1.165, 1.54) is 6.07 Å².